The average Bonchev–Trinajstić information content (AvgIpc) is 3.10. The van der Waals surface area contributed by atoms with Crippen LogP contribution in [0.4, 0.5) is 0 Å². The summed E-state index contributed by atoms with van der Waals surface area (Å²) in [7, 11) is -4.35. The Hall–Kier alpha value is -1.25. The summed E-state index contributed by atoms with van der Waals surface area (Å²) in [5.74, 6) is 2.43. The number of pyridine rings is 1. The molecule has 2 rings (SSSR count). The largest absolute Gasteiger partial charge is 0.531 e. The van der Waals surface area contributed by atoms with Gasteiger partial charge in [0, 0.05) is 18.3 Å². The third-order valence-electron chi connectivity index (χ3n) is 7.73. The molecule has 0 spiro atoms. The highest BCUT2D eigenvalue weighted by atomic mass is 35.5. The molecule has 0 unspecified atom stereocenters. The molecule has 0 saturated heterocycles. The number of hydrogen-bond donors (Lipinski definition) is 0. The van der Waals surface area contributed by atoms with E-state index in [2.05, 4.69) is 105 Å². The number of hydrogen-bond acceptors (Lipinski definition) is 3. The first-order valence-electron chi connectivity index (χ1n) is 12.9. The maximum Gasteiger partial charge on any atom is 0.260 e. The lowest BCUT2D eigenvalue weighted by atomic mass is 10.4. The molecule has 34 heavy (non-hydrogen) atoms. The van der Waals surface area contributed by atoms with Gasteiger partial charge in [-0.2, -0.15) is 0 Å². The fourth-order valence-electron chi connectivity index (χ4n) is 6.36. The van der Waals surface area contributed by atoms with Gasteiger partial charge in [0.15, 0.2) is 11.8 Å². The normalized spacial score (nSPS) is 13.3. The minimum atomic E-state index is -2.17. The van der Waals surface area contributed by atoms with Gasteiger partial charge in [-0.15, -0.1) is 0 Å². The number of rotatable bonds is 11. The van der Waals surface area contributed by atoms with Crippen LogP contribution in [-0.4, -0.2) is 26.2 Å². The Balaban J connectivity index is 2.75. The van der Waals surface area contributed by atoms with Gasteiger partial charge in [0.05, 0.1) is 5.02 Å². The van der Waals surface area contributed by atoms with E-state index in [1.165, 1.54) is 0 Å². The first kappa shape index (κ1) is 29.0. The summed E-state index contributed by atoms with van der Waals surface area (Å²) < 4.78 is 16.4. The maximum atomic E-state index is 7.14. The molecule has 192 valence electrons. The molecule has 0 aliphatic rings. The van der Waals surface area contributed by atoms with E-state index in [-0.39, 0.29) is 0 Å². The van der Waals surface area contributed by atoms with Gasteiger partial charge in [-0.3, -0.25) is 0 Å². The van der Waals surface area contributed by atoms with E-state index in [9.17, 15) is 0 Å². The van der Waals surface area contributed by atoms with Crippen LogP contribution in [-0.2, 0) is 0 Å². The lowest BCUT2D eigenvalue weighted by Gasteiger charge is -2.43. The second-order valence-electron chi connectivity index (χ2n) is 11.5. The third kappa shape index (κ3) is 5.29. The summed E-state index contributed by atoms with van der Waals surface area (Å²) >= 11 is 6.19. The van der Waals surface area contributed by atoms with Gasteiger partial charge >= 0.3 is 0 Å². The van der Waals surface area contributed by atoms with E-state index in [0.29, 0.717) is 38.3 Å². The Morgan fingerprint density at radius 2 is 0.971 bits per heavy atom. The fourth-order valence-corrected chi connectivity index (χ4v) is 16.9. The van der Waals surface area contributed by atoms with Gasteiger partial charge in [0.2, 0.25) is 0 Å². The first-order valence-corrected chi connectivity index (χ1v) is 17.6. The minimum Gasteiger partial charge on any atom is -0.531 e. The van der Waals surface area contributed by atoms with Crippen LogP contribution < -0.4 is 8.85 Å². The number of halogens is 1. The van der Waals surface area contributed by atoms with E-state index < -0.39 is 16.6 Å². The predicted molar refractivity (Wildman–Crippen MR) is 152 cm³/mol. The molecule has 0 N–H and O–H groups in total. The van der Waals surface area contributed by atoms with E-state index in [0.717, 1.165) is 17.6 Å². The maximum absolute atomic E-state index is 7.14. The second-order valence-corrected chi connectivity index (χ2v) is 22.7. The van der Waals surface area contributed by atoms with Crippen molar-refractivity contribution in [2.75, 3.05) is 0 Å². The molecule has 0 radical (unpaired) electrons. The van der Waals surface area contributed by atoms with Crippen molar-refractivity contribution in [3.63, 3.8) is 0 Å². The van der Waals surface area contributed by atoms with Crippen LogP contribution in [0.25, 0.3) is 5.82 Å². The van der Waals surface area contributed by atoms with Crippen molar-refractivity contribution in [1.29, 1.82) is 0 Å². The van der Waals surface area contributed by atoms with Gasteiger partial charge in [0.25, 0.3) is 16.6 Å². The van der Waals surface area contributed by atoms with Crippen molar-refractivity contribution in [3.05, 3.63) is 35.5 Å². The van der Waals surface area contributed by atoms with E-state index >= 15 is 0 Å². The minimum absolute atomic E-state index is 0.467. The van der Waals surface area contributed by atoms with Crippen molar-refractivity contribution >= 4 is 28.2 Å². The Kier molecular flexibility index (Phi) is 9.56. The Morgan fingerprint density at radius 3 is 1.24 bits per heavy atom. The first-order chi connectivity index (χ1) is 15.7. The molecule has 0 bridgehead atoms. The molecular formula is C27H47ClN2O2Si2. The monoisotopic (exact) mass is 522 g/mol. The van der Waals surface area contributed by atoms with Crippen LogP contribution in [0, 0.1) is 0 Å². The molecule has 2 aromatic rings. The molecule has 0 amide bonds. The third-order valence-corrected chi connectivity index (χ3v) is 19.9. The fraction of sp³-hybridized carbons (Fsp3) is 0.667. The van der Waals surface area contributed by atoms with Gasteiger partial charge in [0.1, 0.15) is 5.82 Å². The van der Waals surface area contributed by atoms with Crippen molar-refractivity contribution in [2.45, 2.75) is 116 Å². The molecule has 2 aromatic heterocycles. The zero-order valence-corrected chi connectivity index (χ0v) is 26.2. The highest BCUT2D eigenvalue weighted by molar-refractivity contribution is 6.78. The van der Waals surface area contributed by atoms with Crippen LogP contribution in [0.5, 0.6) is 11.8 Å². The summed E-state index contributed by atoms with van der Waals surface area (Å²) in [6.45, 7) is 27.7. The highest BCUT2D eigenvalue weighted by Crippen LogP contribution is 2.46. The number of nitrogens with zero attached hydrogens (tertiary/aromatic N) is 2. The van der Waals surface area contributed by atoms with Gasteiger partial charge in [-0.05, 0) is 45.4 Å². The SMILES string of the molecule is CC(C)[Si](Oc1ccc(O[Si](C(C)C)(C(C)C)C(C)C)n1-c1ccc(Cl)cn1)(C(C)C)C(C)C. The summed E-state index contributed by atoms with van der Waals surface area (Å²) in [4.78, 5) is 4.67. The Bertz CT molecular complexity index is 826. The molecule has 4 nitrogen and oxygen atoms in total. The highest BCUT2D eigenvalue weighted by Gasteiger charge is 2.49. The molecule has 0 atom stereocenters. The molecule has 2 heterocycles. The molecule has 0 aliphatic carbocycles. The molecule has 0 fully saturated rings. The van der Waals surface area contributed by atoms with Gasteiger partial charge in [-0.1, -0.05) is 94.7 Å². The average molecular weight is 523 g/mol. The lowest BCUT2D eigenvalue weighted by molar-refractivity contribution is 0.423. The zero-order valence-electron chi connectivity index (χ0n) is 23.4. The lowest BCUT2D eigenvalue weighted by Crippen LogP contribution is -2.51. The Labute approximate surface area is 215 Å². The second kappa shape index (κ2) is 11.2. The van der Waals surface area contributed by atoms with Crippen LogP contribution in [0.3, 0.4) is 0 Å². The van der Waals surface area contributed by atoms with Crippen LogP contribution in [0.15, 0.2) is 30.5 Å². The van der Waals surface area contributed by atoms with Crippen molar-refractivity contribution in [2.24, 2.45) is 0 Å². The summed E-state index contributed by atoms with van der Waals surface area (Å²) in [6.07, 6.45) is 1.69. The zero-order chi connectivity index (χ0) is 26.0. The van der Waals surface area contributed by atoms with Crippen molar-refractivity contribution < 1.29 is 8.85 Å². The predicted octanol–water partition coefficient (Wildman–Crippen LogP) is 9.63. The van der Waals surface area contributed by atoms with Crippen LogP contribution in [0.1, 0.15) is 83.1 Å². The van der Waals surface area contributed by atoms with Gasteiger partial charge < -0.3 is 8.85 Å². The van der Waals surface area contributed by atoms with Crippen LogP contribution >= 0.6 is 11.6 Å². The van der Waals surface area contributed by atoms with Gasteiger partial charge in [-0.25, -0.2) is 9.55 Å². The van der Waals surface area contributed by atoms with Crippen molar-refractivity contribution in [3.8, 4) is 17.6 Å². The summed E-state index contributed by atoms with van der Waals surface area (Å²) in [5.41, 5.74) is 2.80. The number of aromatic nitrogens is 2. The quantitative estimate of drug-likeness (QED) is 0.275. The molecule has 0 aromatic carbocycles. The Morgan fingerprint density at radius 1 is 0.618 bits per heavy atom. The summed E-state index contributed by atoms with van der Waals surface area (Å²) in [6, 6.07) is 8.00. The van der Waals surface area contributed by atoms with Crippen LogP contribution in [0.2, 0.25) is 38.3 Å². The molecular weight excluding hydrogens is 476 g/mol. The topological polar surface area (TPSA) is 36.3 Å². The molecule has 0 aliphatic heterocycles. The standard InChI is InChI=1S/C27H47ClN2O2Si2/c1-18(2)33(19(3)4,20(5)6)31-26-15-16-27(30(26)25-14-13-24(28)17-29-25)32-34(21(7)8,22(9)10)23(11)12/h13-23H,1-12H3. The van der Waals surface area contributed by atoms with E-state index in [4.69, 9.17) is 20.5 Å². The smallest absolute Gasteiger partial charge is 0.260 e. The van der Waals surface area contributed by atoms with Crippen molar-refractivity contribution in [1.82, 2.24) is 9.55 Å². The van der Waals surface area contributed by atoms with E-state index in [1.54, 1.807) is 6.20 Å². The molecule has 7 heteroatoms. The van der Waals surface area contributed by atoms with E-state index in [1.807, 2.05) is 12.1 Å². The summed E-state index contributed by atoms with van der Waals surface area (Å²) in [5, 5.41) is 0.617. The molecule has 0 saturated carbocycles.